The van der Waals surface area contributed by atoms with Gasteiger partial charge in [0.1, 0.15) is 12.4 Å². The third-order valence-electron chi connectivity index (χ3n) is 4.77. The summed E-state index contributed by atoms with van der Waals surface area (Å²) in [7, 11) is 0. The first kappa shape index (κ1) is 17.2. The molecule has 1 aromatic carbocycles. The van der Waals surface area contributed by atoms with Crippen LogP contribution in [-0.4, -0.2) is 61.8 Å². The first-order chi connectivity index (χ1) is 11.8. The van der Waals surface area contributed by atoms with Crippen molar-refractivity contribution in [3.8, 4) is 11.8 Å². The molecular formula is C19H27N3O2. The Morgan fingerprint density at radius 1 is 1.21 bits per heavy atom. The number of piperazine rings is 1. The summed E-state index contributed by atoms with van der Waals surface area (Å²) in [5.41, 5.74) is 1.30. The molecule has 2 fully saturated rings. The Kier molecular flexibility index (Phi) is 6.48. The number of nitrogens with zero attached hydrogens (tertiary/aromatic N) is 3. The van der Waals surface area contributed by atoms with Gasteiger partial charge in [0.2, 0.25) is 0 Å². The van der Waals surface area contributed by atoms with Gasteiger partial charge in [-0.05, 0) is 30.5 Å². The molecule has 1 atom stereocenters. The monoisotopic (exact) mass is 329 g/mol. The zero-order valence-electron chi connectivity index (χ0n) is 14.3. The van der Waals surface area contributed by atoms with E-state index in [1.165, 1.54) is 5.56 Å². The van der Waals surface area contributed by atoms with Crippen LogP contribution in [0.5, 0.6) is 5.75 Å². The molecule has 0 amide bonds. The molecule has 0 aliphatic carbocycles. The smallest absolute Gasteiger partial charge is 0.119 e. The van der Waals surface area contributed by atoms with Gasteiger partial charge < -0.3 is 9.47 Å². The Balaban J connectivity index is 1.44. The summed E-state index contributed by atoms with van der Waals surface area (Å²) in [5.74, 6) is 0.940. The van der Waals surface area contributed by atoms with Crippen LogP contribution >= 0.6 is 0 Å². The van der Waals surface area contributed by atoms with Crippen molar-refractivity contribution < 1.29 is 9.47 Å². The zero-order valence-corrected chi connectivity index (χ0v) is 14.3. The highest BCUT2D eigenvalue weighted by atomic mass is 16.5. The third-order valence-corrected chi connectivity index (χ3v) is 4.77. The lowest BCUT2D eigenvalue weighted by molar-refractivity contribution is 0.0679. The van der Waals surface area contributed by atoms with Gasteiger partial charge in [-0.3, -0.25) is 9.80 Å². The van der Waals surface area contributed by atoms with Crippen molar-refractivity contribution >= 4 is 0 Å². The maximum Gasteiger partial charge on any atom is 0.119 e. The van der Waals surface area contributed by atoms with Crippen molar-refractivity contribution in [3.63, 3.8) is 0 Å². The number of hydrogen-bond donors (Lipinski definition) is 0. The van der Waals surface area contributed by atoms with E-state index >= 15 is 0 Å². The molecule has 5 heteroatoms. The van der Waals surface area contributed by atoms with Crippen molar-refractivity contribution in [2.24, 2.45) is 0 Å². The zero-order chi connectivity index (χ0) is 16.6. The van der Waals surface area contributed by atoms with Gasteiger partial charge >= 0.3 is 0 Å². The molecule has 0 aromatic heterocycles. The average Bonchev–Trinajstić information content (AvgIpc) is 3.13. The van der Waals surface area contributed by atoms with Crippen molar-refractivity contribution in [2.45, 2.75) is 31.9 Å². The van der Waals surface area contributed by atoms with E-state index in [4.69, 9.17) is 14.7 Å². The highest BCUT2D eigenvalue weighted by Gasteiger charge is 2.18. The van der Waals surface area contributed by atoms with Crippen LogP contribution in [0.3, 0.4) is 0 Å². The fraction of sp³-hybridized carbons (Fsp3) is 0.632. The molecule has 130 valence electrons. The van der Waals surface area contributed by atoms with Gasteiger partial charge in [-0.15, -0.1) is 0 Å². The van der Waals surface area contributed by atoms with E-state index in [2.05, 4.69) is 34.1 Å². The lowest BCUT2D eigenvalue weighted by atomic mass is 10.2. The minimum atomic E-state index is 0.259. The van der Waals surface area contributed by atoms with Gasteiger partial charge in [0.15, 0.2) is 0 Å². The van der Waals surface area contributed by atoms with Crippen molar-refractivity contribution in [3.05, 3.63) is 29.8 Å². The summed E-state index contributed by atoms with van der Waals surface area (Å²) in [5, 5.41) is 8.68. The van der Waals surface area contributed by atoms with Crippen molar-refractivity contribution in [1.82, 2.24) is 9.80 Å². The fourth-order valence-corrected chi connectivity index (χ4v) is 3.34. The maximum absolute atomic E-state index is 8.68. The quantitative estimate of drug-likeness (QED) is 0.768. The summed E-state index contributed by atoms with van der Waals surface area (Å²) >= 11 is 0. The van der Waals surface area contributed by atoms with Gasteiger partial charge in [-0.2, -0.15) is 5.26 Å². The van der Waals surface area contributed by atoms with Gasteiger partial charge in [0, 0.05) is 52.3 Å². The molecule has 1 aromatic rings. The lowest BCUT2D eigenvalue weighted by Gasteiger charge is -2.34. The van der Waals surface area contributed by atoms with Crippen LogP contribution in [-0.2, 0) is 11.3 Å². The van der Waals surface area contributed by atoms with E-state index < -0.39 is 0 Å². The minimum absolute atomic E-state index is 0.259. The predicted octanol–water partition coefficient (Wildman–Crippen LogP) is 2.28. The molecule has 3 rings (SSSR count). The lowest BCUT2D eigenvalue weighted by Crippen LogP contribution is -2.46. The Bertz CT molecular complexity index is 544. The van der Waals surface area contributed by atoms with Crippen LogP contribution in [0.1, 0.15) is 24.8 Å². The minimum Gasteiger partial charge on any atom is -0.491 e. The molecule has 2 saturated heterocycles. The first-order valence-electron chi connectivity index (χ1n) is 8.98. The Morgan fingerprint density at radius 2 is 2.04 bits per heavy atom. The van der Waals surface area contributed by atoms with E-state index in [1.54, 1.807) is 0 Å². The fourth-order valence-electron chi connectivity index (χ4n) is 3.34. The van der Waals surface area contributed by atoms with E-state index in [0.717, 1.165) is 64.5 Å². The van der Waals surface area contributed by atoms with Crippen LogP contribution in [0.25, 0.3) is 0 Å². The van der Waals surface area contributed by atoms with E-state index in [9.17, 15) is 0 Å². The molecule has 24 heavy (non-hydrogen) atoms. The van der Waals surface area contributed by atoms with Crippen molar-refractivity contribution in [2.75, 3.05) is 45.9 Å². The molecule has 1 unspecified atom stereocenters. The molecule has 0 N–H and O–H groups in total. The maximum atomic E-state index is 8.68. The first-order valence-corrected chi connectivity index (χ1v) is 8.98. The van der Waals surface area contributed by atoms with Crippen LogP contribution < -0.4 is 4.74 Å². The SMILES string of the molecule is N#CCCN1CCN(Cc2cccc(OCC3CCCO3)c2)CC1. The van der Waals surface area contributed by atoms with Crippen LogP contribution in [0.2, 0.25) is 0 Å². The number of ether oxygens (including phenoxy) is 2. The summed E-state index contributed by atoms with van der Waals surface area (Å²) in [6.07, 6.45) is 3.14. The molecule has 2 heterocycles. The highest BCUT2D eigenvalue weighted by molar-refractivity contribution is 5.28. The Labute approximate surface area is 144 Å². The number of hydrogen-bond acceptors (Lipinski definition) is 5. The van der Waals surface area contributed by atoms with E-state index in [1.807, 2.05) is 6.07 Å². The van der Waals surface area contributed by atoms with Gasteiger partial charge in [0.05, 0.1) is 12.2 Å². The summed E-state index contributed by atoms with van der Waals surface area (Å²) < 4.78 is 11.5. The highest BCUT2D eigenvalue weighted by Crippen LogP contribution is 2.18. The second-order valence-electron chi connectivity index (χ2n) is 6.62. The van der Waals surface area contributed by atoms with Gasteiger partial charge in [-0.25, -0.2) is 0 Å². The number of rotatable bonds is 7. The van der Waals surface area contributed by atoms with Crippen LogP contribution in [0.15, 0.2) is 24.3 Å². The summed E-state index contributed by atoms with van der Waals surface area (Å²) in [4.78, 5) is 4.85. The van der Waals surface area contributed by atoms with E-state index in [0.29, 0.717) is 13.0 Å². The van der Waals surface area contributed by atoms with Gasteiger partial charge in [-0.1, -0.05) is 12.1 Å². The van der Waals surface area contributed by atoms with E-state index in [-0.39, 0.29) is 6.10 Å². The largest absolute Gasteiger partial charge is 0.491 e. The van der Waals surface area contributed by atoms with Gasteiger partial charge in [0.25, 0.3) is 0 Å². The second-order valence-corrected chi connectivity index (χ2v) is 6.62. The Morgan fingerprint density at radius 3 is 2.79 bits per heavy atom. The second kappa shape index (κ2) is 9.03. The molecule has 2 aliphatic heterocycles. The standard InChI is InChI=1S/C19H27N3O2/c20-7-3-8-21-9-11-22(12-10-21)15-17-4-1-5-18(14-17)24-16-19-6-2-13-23-19/h1,4-5,14,19H,2-3,6,8-13,15-16H2. The molecule has 0 saturated carbocycles. The molecule has 0 bridgehead atoms. The predicted molar refractivity (Wildman–Crippen MR) is 92.9 cm³/mol. The average molecular weight is 329 g/mol. The number of nitriles is 1. The third kappa shape index (κ3) is 5.20. The van der Waals surface area contributed by atoms with Crippen molar-refractivity contribution in [1.29, 1.82) is 5.26 Å². The molecular weight excluding hydrogens is 302 g/mol. The molecule has 5 nitrogen and oxygen atoms in total. The normalized spacial score (nSPS) is 22.4. The molecule has 2 aliphatic rings. The Hall–Kier alpha value is -1.61. The summed E-state index contributed by atoms with van der Waals surface area (Å²) in [6.45, 7) is 7.61. The van der Waals surface area contributed by atoms with Crippen LogP contribution in [0, 0.1) is 11.3 Å². The molecule has 0 spiro atoms. The van der Waals surface area contributed by atoms with Crippen LogP contribution in [0.4, 0.5) is 0 Å². The summed E-state index contributed by atoms with van der Waals surface area (Å²) in [6, 6.07) is 10.6. The topological polar surface area (TPSA) is 48.7 Å². The number of benzene rings is 1. The molecule has 0 radical (unpaired) electrons.